The fourth-order valence-corrected chi connectivity index (χ4v) is 9.65. The summed E-state index contributed by atoms with van der Waals surface area (Å²) in [6, 6.07) is 83.1. The summed E-state index contributed by atoms with van der Waals surface area (Å²) in [5.41, 5.74) is 12.2. The third kappa shape index (κ3) is 6.75. The standard InChI is InChI=1S/C62H38N4/c63-39-40-28-30-41(31-29-40)47-19-12-20-48(38-47)61-64-60(65-62(66-61)55-26-11-8-22-50(55)42-14-2-1-3-15-42)46-34-32-45(33-35-46)57-53-24-9-10-25-54(53)59(52-27-13-18-43-16-4-6-21-49(43)52)58-51-23-7-5-17-44(51)36-37-56(57)58/h1-38H. The van der Waals surface area contributed by atoms with Crippen molar-refractivity contribution in [2.45, 2.75) is 0 Å². The Morgan fingerprint density at radius 2 is 0.803 bits per heavy atom. The van der Waals surface area contributed by atoms with E-state index in [1.54, 1.807) is 0 Å². The third-order valence-electron chi connectivity index (χ3n) is 12.8. The quantitative estimate of drug-likeness (QED) is 0.118. The van der Waals surface area contributed by atoms with Crippen LogP contribution in [-0.4, -0.2) is 15.0 Å². The molecule has 0 saturated carbocycles. The first-order chi connectivity index (χ1) is 32.7. The molecule has 0 aliphatic carbocycles. The van der Waals surface area contributed by atoms with Gasteiger partial charge in [0.1, 0.15) is 0 Å². The number of fused-ring (bicyclic) bond motifs is 5. The maximum atomic E-state index is 9.42. The van der Waals surface area contributed by atoms with Gasteiger partial charge in [-0.3, -0.25) is 0 Å². The number of hydrogen-bond acceptors (Lipinski definition) is 4. The Hall–Kier alpha value is -9.04. The lowest BCUT2D eigenvalue weighted by atomic mass is 9.83. The molecule has 4 heteroatoms. The molecule has 1 heterocycles. The van der Waals surface area contributed by atoms with Crippen LogP contribution in [0.25, 0.3) is 122 Å². The van der Waals surface area contributed by atoms with E-state index in [1.165, 1.54) is 59.8 Å². The van der Waals surface area contributed by atoms with Gasteiger partial charge in [0.2, 0.25) is 0 Å². The number of aromatic nitrogens is 3. The lowest BCUT2D eigenvalue weighted by Gasteiger charge is -2.20. The normalized spacial score (nSPS) is 11.3. The summed E-state index contributed by atoms with van der Waals surface area (Å²) < 4.78 is 0. The van der Waals surface area contributed by atoms with Crippen LogP contribution in [-0.2, 0) is 0 Å². The van der Waals surface area contributed by atoms with E-state index in [-0.39, 0.29) is 0 Å². The van der Waals surface area contributed by atoms with E-state index in [2.05, 4.69) is 188 Å². The molecule has 0 fully saturated rings. The number of hydrogen-bond donors (Lipinski definition) is 0. The van der Waals surface area contributed by atoms with Crippen molar-refractivity contribution in [1.82, 2.24) is 15.0 Å². The third-order valence-corrected chi connectivity index (χ3v) is 12.8. The SMILES string of the molecule is N#Cc1ccc(-c2cccc(-c3nc(-c4ccc(-c5c6ccccc6c(-c6cccc7ccccc67)c6c5ccc5ccccc56)cc4)nc(-c4ccccc4-c4ccccc4)n3)c2)cc1. The second kappa shape index (κ2) is 16.3. The Morgan fingerprint density at radius 3 is 1.56 bits per heavy atom. The molecule has 0 atom stereocenters. The number of nitriles is 1. The van der Waals surface area contributed by atoms with Crippen LogP contribution < -0.4 is 0 Å². The van der Waals surface area contributed by atoms with Gasteiger partial charge in [0.15, 0.2) is 17.5 Å². The van der Waals surface area contributed by atoms with Crippen molar-refractivity contribution in [2.75, 3.05) is 0 Å². The fraction of sp³-hybridized carbons (Fsp3) is 0. The average molecular weight is 839 g/mol. The molecule has 0 aliphatic rings. The van der Waals surface area contributed by atoms with Crippen molar-refractivity contribution < 1.29 is 0 Å². The topological polar surface area (TPSA) is 62.5 Å². The molecular weight excluding hydrogens is 801 g/mol. The first kappa shape index (κ1) is 38.6. The molecule has 0 amide bonds. The molecule has 0 bridgehead atoms. The highest BCUT2D eigenvalue weighted by molar-refractivity contribution is 6.29. The van der Waals surface area contributed by atoms with E-state index >= 15 is 0 Å². The maximum Gasteiger partial charge on any atom is 0.164 e. The van der Waals surface area contributed by atoms with Gasteiger partial charge in [-0.25, -0.2) is 15.0 Å². The predicted molar refractivity (Wildman–Crippen MR) is 273 cm³/mol. The zero-order valence-corrected chi connectivity index (χ0v) is 35.7. The summed E-state index contributed by atoms with van der Waals surface area (Å²) in [5, 5.41) is 19.2. The number of benzene rings is 11. The molecule has 306 valence electrons. The summed E-state index contributed by atoms with van der Waals surface area (Å²) in [5.74, 6) is 1.75. The fourth-order valence-electron chi connectivity index (χ4n) is 9.65. The van der Waals surface area contributed by atoms with Gasteiger partial charge in [0.05, 0.1) is 11.6 Å². The molecule has 12 aromatic rings. The van der Waals surface area contributed by atoms with E-state index in [1.807, 2.05) is 48.5 Å². The molecule has 1 aromatic heterocycles. The summed E-state index contributed by atoms with van der Waals surface area (Å²) in [6.07, 6.45) is 0. The molecule has 0 aliphatic heterocycles. The second-order valence-corrected chi connectivity index (χ2v) is 16.6. The number of nitrogens with zero attached hydrogens (tertiary/aromatic N) is 4. The molecule has 11 aromatic carbocycles. The summed E-state index contributed by atoms with van der Waals surface area (Å²) in [4.78, 5) is 15.6. The van der Waals surface area contributed by atoms with Crippen LogP contribution >= 0.6 is 0 Å². The van der Waals surface area contributed by atoms with Gasteiger partial charge >= 0.3 is 0 Å². The summed E-state index contributed by atoms with van der Waals surface area (Å²) >= 11 is 0. The van der Waals surface area contributed by atoms with Crippen LogP contribution in [0.3, 0.4) is 0 Å². The van der Waals surface area contributed by atoms with Crippen LogP contribution in [0, 0.1) is 11.3 Å². The van der Waals surface area contributed by atoms with Gasteiger partial charge in [0, 0.05) is 16.7 Å². The van der Waals surface area contributed by atoms with Crippen LogP contribution in [0.2, 0.25) is 0 Å². The molecule has 12 rings (SSSR count). The molecule has 0 saturated heterocycles. The van der Waals surface area contributed by atoms with E-state index in [0.717, 1.165) is 44.5 Å². The smallest absolute Gasteiger partial charge is 0.164 e. The lowest BCUT2D eigenvalue weighted by Crippen LogP contribution is -2.01. The highest BCUT2D eigenvalue weighted by Gasteiger charge is 2.21. The molecular formula is C62H38N4. The largest absolute Gasteiger partial charge is 0.208 e. The van der Waals surface area contributed by atoms with Crippen molar-refractivity contribution in [3.05, 3.63) is 236 Å². The second-order valence-electron chi connectivity index (χ2n) is 16.6. The van der Waals surface area contributed by atoms with Crippen molar-refractivity contribution >= 4 is 43.1 Å². The van der Waals surface area contributed by atoms with Gasteiger partial charge < -0.3 is 0 Å². The first-order valence-electron chi connectivity index (χ1n) is 22.2. The van der Waals surface area contributed by atoms with Crippen molar-refractivity contribution in [3.8, 4) is 84.7 Å². The lowest BCUT2D eigenvalue weighted by molar-refractivity contribution is 1.07. The Labute approximate surface area is 382 Å². The minimum absolute atomic E-state index is 0.574. The van der Waals surface area contributed by atoms with Crippen LogP contribution in [0.15, 0.2) is 231 Å². The van der Waals surface area contributed by atoms with Gasteiger partial charge in [-0.1, -0.05) is 212 Å². The highest BCUT2D eigenvalue weighted by atomic mass is 15.0. The molecule has 0 N–H and O–H groups in total. The maximum absolute atomic E-state index is 9.42. The predicted octanol–water partition coefficient (Wildman–Crippen LogP) is 16.0. The summed E-state index contributed by atoms with van der Waals surface area (Å²) in [6.45, 7) is 0. The van der Waals surface area contributed by atoms with Gasteiger partial charge in [-0.2, -0.15) is 5.26 Å². The minimum atomic E-state index is 0.574. The van der Waals surface area contributed by atoms with Crippen LogP contribution in [0.5, 0.6) is 0 Å². The zero-order chi connectivity index (χ0) is 44.0. The van der Waals surface area contributed by atoms with Gasteiger partial charge in [0.25, 0.3) is 0 Å². The van der Waals surface area contributed by atoms with Gasteiger partial charge in [-0.05, 0) is 106 Å². The Morgan fingerprint density at radius 1 is 0.288 bits per heavy atom. The highest BCUT2D eigenvalue weighted by Crippen LogP contribution is 2.48. The Bertz CT molecular complexity index is 3860. The first-order valence-corrected chi connectivity index (χ1v) is 22.2. The van der Waals surface area contributed by atoms with Crippen LogP contribution in [0.4, 0.5) is 0 Å². The van der Waals surface area contributed by atoms with Crippen molar-refractivity contribution in [2.24, 2.45) is 0 Å². The molecule has 66 heavy (non-hydrogen) atoms. The monoisotopic (exact) mass is 838 g/mol. The van der Waals surface area contributed by atoms with E-state index in [4.69, 9.17) is 15.0 Å². The molecule has 0 unspecified atom stereocenters. The van der Waals surface area contributed by atoms with Crippen LogP contribution in [0.1, 0.15) is 5.56 Å². The summed E-state index contributed by atoms with van der Waals surface area (Å²) in [7, 11) is 0. The van der Waals surface area contributed by atoms with Crippen molar-refractivity contribution in [1.29, 1.82) is 5.26 Å². The number of rotatable bonds is 7. The Kier molecular flexibility index (Phi) is 9.51. The van der Waals surface area contributed by atoms with E-state index in [0.29, 0.717) is 23.0 Å². The van der Waals surface area contributed by atoms with Crippen molar-refractivity contribution in [3.63, 3.8) is 0 Å². The van der Waals surface area contributed by atoms with Gasteiger partial charge in [-0.15, -0.1) is 0 Å². The molecule has 4 nitrogen and oxygen atoms in total. The van der Waals surface area contributed by atoms with E-state index in [9.17, 15) is 5.26 Å². The Balaban J connectivity index is 1.05. The van der Waals surface area contributed by atoms with E-state index < -0.39 is 0 Å². The zero-order valence-electron chi connectivity index (χ0n) is 35.7. The average Bonchev–Trinajstić information content (AvgIpc) is 3.40. The molecule has 0 spiro atoms. The molecule has 0 radical (unpaired) electrons. The minimum Gasteiger partial charge on any atom is -0.208 e.